The Hall–Kier alpha value is 1.82. The molecule has 4 nitrogen and oxygen atoms in total. The summed E-state index contributed by atoms with van der Waals surface area (Å²) in [5.74, 6) is 0. The molecule has 0 saturated carbocycles. The van der Waals surface area contributed by atoms with Gasteiger partial charge in [-0.1, -0.05) is 0 Å². The second kappa shape index (κ2) is 8.82. The molecular formula is Cu3O4V. The number of hydrogen-bond donors (Lipinski definition) is 0. The van der Waals surface area contributed by atoms with Crippen LogP contribution in [-0.4, -0.2) is 0 Å². The van der Waals surface area contributed by atoms with Gasteiger partial charge in [0.05, 0.1) is 0 Å². The van der Waals surface area contributed by atoms with Crippen LogP contribution in [0.1, 0.15) is 0 Å². The standard InChI is InChI=1S/3Cu.4O.V/q3*+1;;3*-1;. The van der Waals surface area contributed by atoms with Crippen LogP contribution >= 0.6 is 0 Å². The minimum absolute atomic E-state index is 0. The summed E-state index contributed by atoms with van der Waals surface area (Å²) in [4.78, 5) is 0. The van der Waals surface area contributed by atoms with Crippen molar-refractivity contribution >= 4 is 0 Å². The maximum atomic E-state index is 8.61. The van der Waals surface area contributed by atoms with Crippen molar-refractivity contribution in [3.8, 4) is 0 Å². The molecule has 8 heavy (non-hydrogen) atoms. The van der Waals surface area contributed by atoms with Crippen LogP contribution in [0.2, 0.25) is 0 Å². The molecule has 0 radical (unpaired) electrons. The summed E-state index contributed by atoms with van der Waals surface area (Å²) in [6, 6.07) is 0. The van der Waals surface area contributed by atoms with Crippen LogP contribution < -0.4 is 12.1 Å². The summed E-state index contributed by atoms with van der Waals surface area (Å²) >= 11 is -5.88. The SMILES string of the molecule is [Cu+].[Cu+].[Cu+].[O]=[V]([O-])([O-])[O-]. The molecule has 0 fully saturated rings. The van der Waals surface area contributed by atoms with E-state index in [9.17, 15) is 0 Å². The van der Waals surface area contributed by atoms with Gasteiger partial charge in [-0.2, -0.15) is 0 Å². The van der Waals surface area contributed by atoms with Crippen molar-refractivity contribution in [2.24, 2.45) is 0 Å². The van der Waals surface area contributed by atoms with E-state index in [4.69, 9.17) is 15.8 Å². The first-order chi connectivity index (χ1) is 2.00. The van der Waals surface area contributed by atoms with Gasteiger partial charge in [-0.3, -0.25) is 0 Å². The topological polar surface area (TPSA) is 86.2 Å². The van der Waals surface area contributed by atoms with Crippen LogP contribution in [0, 0.1) is 0 Å². The fourth-order valence-electron chi connectivity index (χ4n) is 0. The Morgan fingerprint density at radius 1 is 0.875 bits per heavy atom. The van der Waals surface area contributed by atoms with E-state index in [1.807, 2.05) is 0 Å². The van der Waals surface area contributed by atoms with Crippen LogP contribution in [0.5, 0.6) is 0 Å². The van der Waals surface area contributed by atoms with Crippen molar-refractivity contribution in [1.82, 2.24) is 0 Å². The van der Waals surface area contributed by atoms with E-state index >= 15 is 0 Å². The molecule has 0 amide bonds. The average Bonchev–Trinajstić information content (AvgIpc) is 0.722. The fraction of sp³-hybridized carbons (Fsp3) is 0. The molecule has 0 aliphatic carbocycles. The summed E-state index contributed by atoms with van der Waals surface area (Å²) in [7, 11) is 0. The van der Waals surface area contributed by atoms with Gasteiger partial charge in [0.15, 0.2) is 0 Å². The van der Waals surface area contributed by atoms with E-state index in [0.29, 0.717) is 0 Å². The molecule has 0 bridgehead atoms. The zero-order chi connectivity index (χ0) is 4.50. The zero-order valence-corrected chi connectivity index (χ0v) is 7.21. The molecule has 0 atom stereocenters. The Morgan fingerprint density at radius 2 is 0.875 bits per heavy atom. The van der Waals surface area contributed by atoms with Crippen LogP contribution in [0.4, 0.5) is 0 Å². The molecule has 0 unspecified atom stereocenters. The van der Waals surface area contributed by atoms with Gasteiger partial charge < -0.3 is 0 Å². The molecule has 0 rings (SSSR count). The molecule has 0 aromatic heterocycles. The van der Waals surface area contributed by atoms with Crippen molar-refractivity contribution in [2.45, 2.75) is 0 Å². The van der Waals surface area contributed by atoms with Gasteiger partial charge in [0.2, 0.25) is 0 Å². The van der Waals surface area contributed by atoms with E-state index in [0.717, 1.165) is 0 Å². The summed E-state index contributed by atoms with van der Waals surface area (Å²) in [5.41, 5.74) is 0. The summed E-state index contributed by atoms with van der Waals surface area (Å²) in [6.45, 7) is 0. The average molecular weight is 306 g/mol. The maximum absolute atomic E-state index is 8.61. The van der Waals surface area contributed by atoms with Crippen LogP contribution in [0.25, 0.3) is 0 Å². The van der Waals surface area contributed by atoms with E-state index in [-0.39, 0.29) is 51.2 Å². The summed E-state index contributed by atoms with van der Waals surface area (Å²) in [6.07, 6.45) is 0. The van der Waals surface area contributed by atoms with E-state index in [1.165, 1.54) is 0 Å². The molecule has 0 aliphatic heterocycles. The van der Waals surface area contributed by atoms with Gasteiger partial charge in [0, 0.05) is 0 Å². The Morgan fingerprint density at radius 3 is 0.875 bits per heavy atom. The van der Waals surface area contributed by atoms with Gasteiger partial charge in [-0.05, 0) is 0 Å². The van der Waals surface area contributed by atoms with Gasteiger partial charge in [-0.15, -0.1) is 0 Å². The molecule has 0 saturated heterocycles. The van der Waals surface area contributed by atoms with Crippen molar-refractivity contribution in [1.29, 1.82) is 0 Å². The Bertz CT molecular complexity index is 57.4. The third kappa shape index (κ3) is 110. The van der Waals surface area contributed by atoms with Gasteiger partial charge >= 0.3 is 82.0 Å². The third-order valence-corrected chi connectivity index (χ3v) is 0. The molecule has 62 valence electrons. The first-order valence-corrected chi connectivity index (χ1v) is 3.01. The molecule has 0 aromatic rings. The monoisotopic (exact) mass is 304 g/mol. The Labute approximate surface area is 81.4 Å². The molecule has 0 aromatic carbocycles. The van der Waals surface area contributed by atoms with Crippen molar-refractivity contribution in [3.05, 3.63) is 0 Å². The van der Waals surface area contributed by atoms with Gasteiger partial charge in [0.1, 0.15) is 0 Å². The molecule has 0 aliphatic rings. The van der Waals surface area contributed by atoms with Crippen molar-refractivity contribution in [3.63, 3.8) is 0 Å². The molecular weight excluding hydrogens is 306 g/mol. The normalized spacial score (nSPS) is 7.38. The first kappa shape index (κ1) is 22.6. The van der Waals surface area contributed by atoms with Crippen LogP contribution in [-0.2, 0) is 69.9 Å². The van der Waals surface area contributed by atoms with E-state index < -0.39 is 15.0 Å². The van der Waals surface area contributed by atoms with Gasteiger partial charge in [-0.25, -0.2) is 0 Å². The van der Waals surface area contributed by atoms with Crippen LogP contribution in [0.15, 0.2) is 0 Å². The van der Waals surface area contributed by atoms with Crippen molar-refractivity contribution in [2.75, 3.05) is 0 Å². The summed E-state index contributed by atoms with van der Waals surface area (Å²) < 4.78 is 34.4. The van der Waals surface area contributed by atoms with Crippen molar-refractivity contribution < 1.29 is 82.0 Å². The Kier molecular flexibility index (Phi) is 24.9. The molecule has 0 heterocycles. The fourth-order valence-corrected chi connectivity index (χ4v) is 0. The first-order valence-electron chi connectivity index (χ1n) is 0.730. The van der Waals surface area contributed by atoms with Gasteiger partial charge in [0.25, 0.3) is 0 Å². The summed E-state index contributed by atoms with van der Waals surface area (Å²) in [5, 5.41) is 0. The minimum atomic E-state index is -5.88. The quantitative estimate of drug-likeness (QED) is 0.431. The Balaban J connectivity index is -0.0000000267. The third-order valence-electron chi connectivity index (χ3n) is 0. The second-order valence-electron chi connectivity index (χ2n) is 0.447. The number of hydrogen-bond acceptors (Lipinski definition) is 4. The molecule has 0 spiro atoms. The predicted octanol–water partition coefficient (Wildman–Crippen LogP) is -3.70. The zero-order valence-electron chi connectivity index (χ0n) is 2.98. The predicted molar refractivity (Wildman–Crippen MR) is 0.686 cm³/mol. The molecule has 8 heteroatoms. The number of rotatable bonds is 0. The van der Waals surface area contributed by atoms with E-state index in [2.05, 4.69) is 0 Å². The molecule has 0 N–H and O–H groups in total. The van der Waals surface area contributed by atoms with Crippen LogP contribution in [0.3, 0.4) is 0 Å². The second-order valence-corrected chi connectivity index (χ2v) is 1.84. The van der Waals surface area contributed by atoms with E-state index in [1.54, 1.807) is 0 Å².